The summed E-state index contributed by atoms with van der Waals surface area (Å²) >= 11 is 0. The lowest BCUT2D eigenvalue weighted by molar-refractivity contribution is 0.327. The second-order valence-electron chi connectivity index (χ2n) is 6.39. The molecule has 5 nitrogen and oxygen atoms in total. The van der Waals surface area contributed by atoms with Gasteiger partial charge in [0.1, 0.15) is 5.75 Å². The van der Waals surface area contributed by atoms with Crippen molar-refractivity contribution in [3.63, 3.8) is 0 Å². The molecule has 2 N–H and O–H groups in total. The lowest BCUT2D eigenvalue weighted by Gasteiger charge is -2.18. The molecule has 3 aromatic rings. The van der Waals surface area contributed by atoms with Crippen molar-refractivity contribution in [1.82, 2.24) is 15.1 Å². The van der Waals surface area contributed by atoms with E-state index in [-0.39, 0.29) is 0 Å². The maximum atomic E-state index is 5.31. The quantitative estimate of drug-likeness (QED) is 0.757. The van der Waals surface area contributed by atoms with E-state index in [1.54, 1.807) is 7.11 Å². The van der Waals surface area contributed by atoms with Crippen LogP contribution in [0.5, 0.6) is 5.75 Å². The van der Waals surface area contributed by atoms with Gasteiger partial charge in [-0.1, -0.05) is 12.1 Å². The van der Waals surface area contributed by atoms with Crippen molar-refractivity contribution in [2.45, 2.75) is 19.0 Å². The first kappa shape index (κ1) is 15.0. The Labute approximate surface area is 141 Å². The van der Waals surface area contributed by atoms with Gasteiger partial charge in [-0.2, -0.15) is 5.10 Å². The number of anilines is 1. The van der Waals surface area contributed by atoms with Crippen LogP contribution in [0.4, 0.5) is 5.69 Å². The number of rotatable bonds is 5. The van der Waals surface area contributed by atoms with E-state index in [0.29, 0.717) is 6.04 Å². The lowest BCUT2D eigenvalue weighted by Crippen LogP contribution is -2.25. The third kappa shape index (κ3) is 3.21. The van der Waals surface area contributed by atoms with E-state index in [0.717, 1.165) is 48.4 Å². The Morgan fingerprint density at radius 3 is 3.17 bits per heavy atom. The number of ether oxygens (including phenoxy) is 1. The van der Waals surface area contributed by atoms with E-state index >= 15 is 0 Å². The molecule has 2 heterocycles. The molecular weight excluding hydrogens is 300 g/mol. The molecule has 124 valence electrons. The van der Waals surface area contributed by atoms with Crippen molar-refractivity contribution < 1.29 is 4.74 Å². The summed E-state index contributed by atoms with van der Waals surface area (Å²) in [6.45, 7) is 3.14. The highest BCUT2D eigenvalue weighted by atomic mass is 16.5. The molecule has 2 aromatic carbocycles. The molecule has 1 aromatic heterocycles. The van der Waals surface area contributed by atoms with E-state index in [9.17, 15) is 0 Å². The van der Waals surface area contributed by atoms with Gasteiger partial charge in [-0.3, -0.25) is 10.00 Å². The number of fused-ring (bicyclic) bond motifs is 1. The first-order valence-electron chi connectivity index (χ1n) is 8.35. The molecule has 1 unspecified atom stereocenters. The number of benzene rings is 2. The van der Waals surface area contributed by atoms with Crippen molar-refractivity contribution in [3.05, 3.63) is 54.2 Å². The highest BCUT2D eigenvalue weighted by Gasteiger charge is 2.22. The Hall–Kier alpha value is -2.53. The second kappa shape index (κ2) is 6.53. The summed E-state index contributed by atoms with van der Waals surface area (Å²) in [7, 11) is 1.71. The second-order valence-corrected chi connectivity index (χ2v) is 6.39. The van der Waals surface area contributed by atoms with E-state index in [1.807, 2.05) is 12.3 Å². The zero-order chi connectivity index (χ0) is 16.4. The Morgan fingerprint density at radius 2 is 2.25 bits per heavy atom. The molecule has 4 rings (SSSR count). The monoisotopic (exact) mass is 322 g/mol. The number of hydrogen-bond donors (Lipinski definition) is 2. The van der Waals surface area contributed by atoms with Crippen molar-refractivity contribution in [3.8, 4) is 5.75 Å². The number of nitrogens with zero attached hydrogens (tertiary/aromatic N) is 2. The summed E-state index contributed by atoms with van der Waals surface area (Å²) in [4.78, 5) is 2.49. The Bertz CT molecular complexity index is 829. The third-order valence-corrected chi connectivity index (χ3v) is 4.62. The normalized spacial score (nSPS) is 18.1. The first-order valence-corrected chi connectivity index (χ1v) is 8.35. The molecule has 1 saturated heterocycles. The number of H-pyrrole nitrogens is 1. The predicted molar refractivity (Wildman–Crippen MR) is 96.4 cm³/mol. The van der Waals surface area contributed by atoms with Gasteiger partial charge in [-0.05, 0) is 42.3 Å². The zero-order valence-electron chi connectivity index (χ0n) is 13.8. The van der Waals surface area contributed by atoms with Crippen LogP contribution in [0.1, 0.15) is 12.0 Å². The zero-order valence-corrected chi connectivity index (χ0v) is 13.8. The molecule has 0 aliphatic carbocycles. The van der Waals surface area contributed by atoms with Gasteiger partial charge >= 0.3 is 0 Å². The molecule has 0 bridgehead atoms. The maximum absolute atomic E-state index is 5.31. The van der Waals surface area contributed by atoms with Crippen LogP contribution in [-0.4, -0.2) is 41.3 Å². The highest BCUT2D eigenvalue weighted by molar-refractivity contribution is 5.81. The van der Waals surface area contributed by atoms with E-state index in [4.69, 9.17) is 4.74 Å². The number of hydrogen-bond acceptors (Lipinski definition) is 4. The van der Waals surface area contributed by atoms with Crippen LogP contribution >= 0.6 is 0 Å². The van der Waals surface area contributed by atoms with Crippen LogP contribution < -0.4 is 10.1 Å². The van der Waals surface area contributed by atoms with Crippen molar-refractivity contribution in [2.24, 2.45) is 0 Å². The van der Waals surface area contributed by atoms with Gasteiger partial charge in [0.05, 0.1) is 18.8 Å². The predicted octanol–water partition coefficient (Wildman–Crippen LogP) is 3.26. The van der Waals surface area contributed by atoms with Crippen molar-refractivity contribution in [2.75, 3.05) is 25.5 Å². The van der Waals surface area contributed by atoms with Crippen molar-refractivity contribution >= 4 is 16.6 Å². The smallest absolute Gasteiger partial charge is 0.119 e. The van der Waals surface area contributed by atoms with Gasteiger partial charge in [-0.15, -0.1) is 0 Å². The van der Waals surface area contributed by atoms with Crippen molar-refractivity contribution in [1.29, 1.82) is 0 Å². The van der Waals surface area contributed by atoms with Gasteiger partial charge in [-0.25, -0.2) is 0 Å². The summed E-state index contributed by atoms with van der Waals surface area (Å²) in [5.74, 6) is 0.926. The lowest BCUT2D eigenvalue weighted by atomic mass is 10.2. The van der Waals surface area contributed by atoms with Crippen LogP contribution in [0.25, 0.3) is 10.9 Å². The van der Waals surface area contributed by atoms with Gasteiger partial charge in [0.15, 0.2) is 0 Å². The fraction of sp³-hybridized carbons (Fsp3) is 0.316. The van der Waals surface area contributed by atoms with Crippen LogP contribution in [0, 0.1) is 0 Å². The van der Waals surface area contributed by atoms with Gasteiger partial charge < -0.3 is 10.1 Å². The van der Waals surface area contributed by atoms with E-state index < -0.39 is 0 Å². The average Bonchev–Trinajstić information content (AvgIpc) is 3.24. The van der Waals surface area contributed by atoms with Crippen LogP contribution in [-0.2, 0) is 6.54 Å². The maximum Gasteiger partial charge on any atom is 0.119 e. The average molecular weight is 322 g/mol. The topological polar surface area (TPSA) is 53.2 Å². The number of aromatic nitrogens is 2. The Balaban J connectivity index is 1.37. The molecule has 0 saturated carbocycles. The molecule has 1 fully saturated rings. The van der Waals surface area contributed by atoms with Gasteiger partial charge in [0.25, 0.3) is 0 Å². The molecule has 1 aliphatic rings. The largest absolute Gasteiger partial charge is 0.497 e. The molecule has 5 heteroatoms. The molecule has 0 spiro atoms. The summed E-state index contributed by atoms with van der Waals surface area (Å²) in [6.07, 6.45) is 3.03. The molecule has 0 amide bonds. The highest BCUT2D eigenvalue weighted by Crippen LogP contribution is 2.22. The summed E-state index contributed by atoms with van der Waals surface area (Å²) in [5, 5.41) is 11.9. The fourth-order valence-electron chi connectivity index (χ4n) is 3.39. The minimum atomic E-state index is 0.486. The number of nitrogens with one attached hydrogen (secondary N) is 2. The van der Waals surface area contributed by atoms with Crippen LogP contribution in [0.15, 0.2) is 48.7 Å². The fourth-order valence-corrected chi connectivity index (χ4v) is 3.39. The van der Waals surface area contributed by atoms with Crippen LogP contribution in [0.3, 0.4) is 0 Å². The molecule has 1 atom stereocenters. The summed E-state index contributed by atoms with van der Waals surface area (Å²) in [6, 6.07) is 15.2. The molecule has 1 aliphatic heterocycles. The summed E-state index contributed by atoms with van der Waals surface area (Å²) in [5.41, 5.74) is 3.54. The Kier molecular flexibility index (Phi) is 4.09. The molecular formula is C19H22N4O. The number of likely N-dealkylation sites (tertiary alicyclic amines) is 1. The Morgan fingerprint density at radius 1 is 1.29 bits per heavy atom. The standard InChI is InChI=1S/C19H22N4O/c1-24-18-4-2-3-14(9-18)12-23-8-7-17(13-23)21-16-5-6-19-15(10-16)11-20-22-19/h2-6,9-11,17,21H,7-8,12-13H2,1H3,(H,20,22). The third-order valence-electron chi connectivity index (χ3n) is 4.62. The minimum Gasteiger partial charge on any atom is -0.497 e. The van der Waals surface area contributed by atoms with E-state index in [1.165, 1.54) is 5.56 Å². The van der Waals surface area contributed by atoms with Gasteiger partial charge in [0.2, 0.25) is 0 Å². The number of aromatic amines is 1. The first-order chi connectivity index (χ1) is 11.8. The van der Waals surface area contributed by atoms with Crippen LogP contribution in [0.2, 0.25) is 0 Å². The number of methoxy groups -OCH3 is 1. The summed E-state index contributed by atoms with van der Waals surface area (Å²) < 4.78 is 5.31. The minimum absolute atomic E-state index is 0.486. The van der Waals surface area contributed by atoms with E-state index in [2.05, 4.69) is 56.8 Å². The van der Waals surface area contributed by atoms with Gasteiger partial charge in [0, 0.05) is 36.7 Å². The molecule has 0 radical (unpaired) electrons. The SMILES string of the molecule is COc1cccc(CN2CCC(Nc3ccc4[nH]ncc4c3)C2)c1. The molecule has 24 heavy (non-hydrogen) atoms.